The zero-order valence-electron chi connectivity index (χ0n) is 9.68. The smallest absolute Gasteiger partial charge is 0.263 e. The summed E-state index contributed by atoms with van der Waals surface area (Å²) >= 11 is 1.34. The van der Waals surface area contributed by atoms with Gasteiger partial charge in [-0.25, -0.2) is 4.98 Å². The molecule has 0 bridgehead atoms. The van der Waals surface area contributed by atoms with Gasteiger partial charge >= 0.3 is 0 Å². The number of amides is 1. The summed E-state index contributed by atoms with van der Waals surface area (Å²) in [5.41, 5.74) is 0. The van der Waals surface area contributed by atoms with Crippen LogP contribution in [0.2, 0.25) is 0 Å². The number of rotatable bonds is 3. The number of carbonyl (C=O) groups is 1. The topological polar surface area (TPSA) is 67.2 Å². The molecule has 1 fully saturated rings. The maximum Gasteiger partial charge on any atom is 0.263 e. The molecule has 1 unspecified atom stereocenters. The summed E-state index contributed by atoms with van der Waals surface area (Å²) < 4.78 is 5.25. The van der Waals surface area contributed by atoms with Gasteiger partial charge in [-0.15, -0.1) is 11.3 Å². The van der Waals surface area contributed by atoms with Gasteiger partial charge in [-0.2, -0.15) is 0 Å². The van der Waals surface area contributed by atoms with Crippen molar-refractivity contribution in [2.75, 3.05) is 13.1 Å². The van der Waals surface area contributed by atoms with Crippen LogP contribution in [-0.2, 0) is 0 Å². The molecule has 94 valence electrons. The number of nitrogens with one attached hydrogen (secondary N) is 2. The summed E-state index contributed by atoms with van der Waals surface area (Å²) in [6.07, 6.45) is 4.18. The van der Waals surface area contributed by atoms with Gasteiger partial charge in [-0.1, -0.05) is 0 Å². The number of aromatic nitrogens is 1. The van der Waals surface area contributed by atoms with Gasteiger partial charge < -0.3 is 15.1 Å². The Balaban J connectivity index is 1.70. The highest BCUT2D eigenvalue weighted by Gasteiger charge is 2.19. The molecule has 2 aromatic heterocycles. The second-order valence-corrected chi connectivity index (χ2v) is 5.20. The van der Waals surface area contributed by atoms with Crippen molar-refractivity contribution in [3.05, 3.63) is 29.5 Å². The standard InChI is InChI=1S/C12H13N3O2S/c16-11(15-8-3-4-13-6-8)10-7-14-12(18-10)9-2-1-5-17-9/h1-2,5,7-8,13H,3-4,6H2,(H,15,16). The van der Waals surface area contributed by atoms with Crippen LogP contribution >= 0.6 is 11.3 Å². The van der Waals surface area contributed by atoms with Crippen molar-refractivity contribution in [1.29, 1.82) is 0 Å². The van der Waals surface area contributed by atoms with Gasteiger partial charge in [-0.3, -0.25) is 4.79 Å². The Bertz CT molecular complexity index is 529. The molecule has 6 heteroatoms. The predicted molar refractivity (Wildman–Crippen MR) is 68.6 cm³/mol. The average molecular weight is 263 g/mol. The summed E-state index contributed by atoms with van der Waals surface area (Å²) in [6, 6.07) is 3.87. The van der Waals surface area contributed by atoms with E-state index in [4.69, 9.17) is 4.42 Å². The zero-order chi connectivity index (χ0) is 12.4. The molecule has 5 nitrogen and oxygen atoms in total. The van der Waals surface area contributed by atoms with E-state index in [1.54, 1.807) is 18.5 Å². The molecule has 3 heterocycles. The van der Waals surface area contributed by atoms with Crippen molar-refractivity contribution in [3.8, 4) is 10.8 Å². The molecule has 0 saturated carbocycles. The van der Waals surface area contributed by atoms with Gasteiger partial charge in [0.2, 0.25) is 0 Å². The van der Waals surface area contributed by atoms with E-state index in [-0.39, 0.29) is 11.9 Å². The third-order valence-corrected chi connectivity index (χ3v) is 3.87. The summed E-state index contributed by atoms with van der Waals surface area (Å²) in [5, 5.41) is 6.94. The predicted octanol–water partition coefficient (Wildman–Crippen LogP) is 1.49. The van der Waals surface area contributed by atoms with E-state index in [1.165, 1.54) is 11.3 Å². The summed E-state index contributed by atoms with van der Waals surface area (Å²) in [6.45, 7) is 1.81. The van der Waals surface area contributed by atoms with Crippen molar-refractivity contribution >= 4 is 17.2 Å². The Morgan fingerprint density at radius 3 is 3.28 bits per heavy atom. The van der Waals surface area contributed by atoms with Gasteiger partial charge in [0.25, 0.3) is 5.91 Å². The summed E-state index contributed by atoms with van der Waals surface area (Å²) in [5.74, 6) is 0.639. The largest absolute Gasteiger partial charge is 0.462 e. The molecule has 0 aliphatic carbocycles. The molecular formula is C12H13N3O2S. The number of furan rings is 1. The maximum absolute atomic E-state index is 12.0. The van der Waals surface area contributed by atoms with Crippen LogP contribution in [-0.4, -0.2) is 30.0 Å². The monoisotopic (exact) mass is 263 g/mol. The highest BCUT2D eigenvalue weighted by molar-refractivity contribution is 7.16. The fourth-order valence-electron chi connectivity index (χ4n) is 1.93. The second-order valence-electron chi connectivity index (χ2n) is 4.17. The van der Waals surface area contributed by atoms with Crippen LogP contribution in [0.3, 0.4) is 0 Å². The first-order valence-corrected chi connectivity index (χ1v) is 6.66. The molecule has 1 amide bonds. The fourth-order valence-corrected chi connectivity index (χ4v) is 2.72. The molecule has 1 atom stereocenters. The molecule has 0 aromatic carbocycles. The van der Waals surface area contributed by atoms with Crippen molar-refractivity contribution in [2.24, 2.45) is 0 Å². The van der Waals surface area contributed by atoms with Crippen molar-refractivity contribution in [3.63, 3.8) is 0 Å². The summed E-state index contributed by atoms with van der Waals surface area (Å²) in [7, 11) is 0. The van der Waals surface area contributed by atoms with Crippen LogP contribution in [0.1, 0.15) is 16.1 Å². The lowest BCUT2D eigenvalue weighted by Gasteiger charge is -2.09. The normalized spacial score (nSPS) is 19.0. The van der Waals surface area contributed by atoms with E-state index in [0.29, 0.717) is 10.6 Å². The zero-order valence-corrected chi connectivity index (χ0v) is 10.5. The Hall–Kier alpha value is -1.66. The van der Waals surface area contributed by atoms with E-state index in [1.807, 2.05) is 6.07 Å². The molecule has 1 saturated heterocycles. The van der Waals surface area contributed by atoms with Crippen LogP contribution < -0.4 is 10.6 Å². The Morgan fingerprint density at radius 1 is 1.61 bits per heavy atom. The van der Waals surface area contributed by atoms with E-state index in [9.17, 15) is 4.79 Å². The van der Waals surface area contributed by atoms with Crippen LogP contribution in [0.25, 0.3) is 10.8 Å². The molecule has 2 N–H and O–H groups in total. The highest BCUT2D eigenvalue weighted by Crippen LogP contribution is 2.25. The first-order valence-electron chi connectivity index (χ1n) is 5.84. The van der Waals surface area contributed by atoms with Gasteiger partial charge in [0.05, 0.1) is 12.5 Å². The number of hydrogen-bond acceptors (Lipinski definition) is 5. The third kappa shape index (κ3) is 2.30. The molecule has 0 radical (unpaired) electrons. The van der Waals surface area contributed by atoms with Crippen LogP contribution in [0.15, 0.2) is 29.0 Å². The minimum Gasteiger partial charge on any atom is -0.462 e. The lowest BCUT2D eigenvalue weighted by Crippen LogP contribution is -2.35. The van der Waals surface area contributed by atoms with E-state index in [0.717, 1.165) is 24.5 Å². The van der Waals surface area contributed by atoms with Crippen LogP contribution in [0.5, 0.6) is 0 Å². The number of carbonyl (C=O) groups excluding carboxylic acids is 1. The minimum atomic E-state index is -0.0565. The number of nitrogens with zero attached hydrogens (tertiary/aromatic N) is 1. The van der Waals surface area contributed by atoms with E-state index >= 15 is 0 Å². The van der Waals surface area contributed by atoms with Crippen molar-refractivity contribution < 1.29 is 9.21 Å². The highest BCUT2D eigenvalue weighted by atomic mass is 32.1. The van der Waals surface area contributed by atoms with E-state index < -0.39 is 0 Å². The number of thiazole rings is 1. The molecule has 2 aromatic rings. The van der Waals surface area contributed by atoms with Crippen LogP contribution in [0.4, 0.5) is 0 Å². The molecule has 3 rings (SSSR count). The quantitative estimate of drug-likeness (QED) is 0.880. The molecular weight excluding hydrogens is 250 g/mol. The lowest BCUT2D eigenvalue weighted by molar-refractivity contribution is 0.0944. The van der Waals surface area contributed by atoms with Gasteiger partial charge in [0, 0.05) is 12.6 Å². The van der Waals surface area contributed by atoms with Crippen molar-refractivity contribution in [1.82, 2.24) is 15.6 Å². The number of hydrogen-bond donors (Lipinski definition) is 2. The molecule has 1 aliphatic heterocycles. The lowest BCUT2D eigenvalue weighted by atomic mass is 10.2. The summed E-state index contributed by atoms with van der Waals surface area (Å²) in [4.78, 5) is 16.8. The second kappa shape index (κ2) is 4.91. The Labute approximate surface area is 108 Å². The van der Waals surface area contributed by atoms with E-state index in [2.05, 4.69) is 15.6 Å². The average Bonchev–Trinajstić information content (AvgIpc) is 3.11. The van der Waals surface area contributed by atoms with Crippen LogP contribution in [0, 0.1) is 0 Å². The maximum atomic E-state index is 12.0. The fraction of sp³-hybridized carbons (Fsp3) is 0.333. The SMILES string of the molecule is O=C(NC1CCNC1)c1cnc(-c2ccco2)s1. The molecule has 1 aliphatic rings. The third-order valence-electron chi connectivity index (χ3n) is 2.86. The Kier molecular flexibility index (Phi) is 3.12. The van der Waals surface area contributed by atoms with Gasteiger partial charge in [-0.05, 0) is 25.1 Å². The Morgan fingerprint density at radius 2 is 2.56 bits per heavy atom. The minimum absolute atomic E-state index is 0.0565. The molecule has 18 heavy (non-hydrogen) atoms. The molecule has 0 spiro atoms. The van der Waals surface area contributed by atoms with Crippen molar-refractivity contribution in [2.45, 2.75) is 12.5 Å². The van der Waals surface area contributed by atoms with Gasteiger partial charge in [0.15, 0.2) is 10.8 Å². The first-order chi connectivity index (χ1) is 8.83. The van der Waals surface area contributed by atoms with Gasteiger partial charge in [0.1, 0.15) is 4.88 Å². The first kappa shape index (κ1) is 11.4.